The maximum absolute atomic E-state index is 13.1. The summed E-state index contributed by atoms with van der Waals surface area (Å²) >= 11 is 4.83. The molecule has 0 radical (unpaired) electrons. The third kappa shape index (κ3) is 3.00. The normalized spacial score (nSPS) is 9.87. The van der Waals surface area contributed by atoms with Gasteiger partial charge in [0.25, 0.3) is 0 Å². The van der Waals surface area contributed by atoms with Gasteiger partial charge in [-0.05, 0) is 12.5 Å². The van der Waals surface area contributed by atoms with Gasteiger partial charge in [-0.25, -0.2) is 4.39 Å². The highest BCUT2D eigenvalue weighted by Gasteiger charge is 2.05. The molecule has 0 unspecified atom stereocenters. The molecule has 0 aliphatic rings. The van der Waals surface area contributed by atoms with E-state index in [4.69, 9.17) is 5.11 Å². The van der Waals surface area contributed by atoms with E-state index < -0.39 is 0 Å². The van der Waals surface area contributed by atoms with E-state index in [2.05, 4.69) is 15.9 Å². The highest BCUT2D eigenvalue weighted by atomic mass is 79.9. The Kier molecular flexibility index (Phi) is 5.22. The molecule has 0 aliphatic heterocycles. The smallest absolute Gasteiger partial charge is 0.141 e. The van der Waals surface area contributed by atoms with Crippen LogP contribution in [0.1, 0.15) is 12.5 Å². The molecule has 4 heteroatoms. The fraction of sp³-hybridized carbons (Fsp3) is 0.273. The number of alkyl halides is 1. The molecule has 0 fully saturated rings. The van der Waals surface area contributed by atoms with Crippen LogP contribution >= 0.6 is 27.3 Å². The van der Waals surface area contributed by atoms with Crippen molar-refractivity contribution in [3.05, 3.63) is 35.0 Å². The van der Waals surface area contributed by atoms with Gasteiger partial charge in [0.1, 0.15) is 5.82 Å². The van der Waals surface area contributed by atoms with Crippen LogP contribution < -0.4 is 0 Å². The SMILES string of the molecule is CCO.Fc1csc2c(CBr)cccc12. The second-order valence-corrected chi connectivity index (χ2v) is 4.27. The highest BCUT2D eigenvalue weighted by molar-refractivity contribution is 9.08. The fourth-order valence-electron chi connectivity index (χ4n) is 1.19. The Balaban J connectivity index is 0.000000337. The number of benzene rings is 1. The summed E-state index contributed by atoms with van der Waals surface area (Å²) in [6.07, 6.45) is 0. The van der Waals surface area contributed by atoms with Crippen molar-refractivity contribution in [2.75, 3.05) is 6.61 Å². The van der Waals surface area contributed by atoms with Crippen LogP contribution in [0.2, 0.25) is 0 Å². The minimum atomic E-state index is -0.113. The third-order valence-corrected chi connectivity index (χ3v) is 3.42. The van der Waals surface area contributed by atoms with E-state index in [1.165, 1.54) is 11.3 Å². The van der Waals surface area contributed by atoms with Gasteiger partial charge in [-0.1, -0.05) is 34.1 Å². The Bertz CT molecular complexity index is 427. The third-order valence-electron chi connectivity index (χ3n) is 1.78. The summed E-state index contributed by atoms with van der Waals surface area (Å²) in [4.78, 5) is 0. The van der Waals surface area contributed by atoms with Gasteiger partial charge in [0.05, 0.1) is 0 Å². The summed E-state index contributed by atoms with van der Waals surface area (Å²) < 4.78 is 14.1. The standard InChI is InChI=1S/C9H6BrFS.C2H6O/c10-4-6-2-1-3-7-8(11)5-12-9(6)7;1-2-3/h1-3,5H,4H2;3H,2H2,1H3. The van der Waals surface area contributed by atoms with Crippen molar-refractivity contribution in [3.8, 4) is 0 Å². The van der Waals surface area contributed by atoms with Crippen LogP contribution in [0.4, 0.5) is 4.39 Å². The molecular weight excluding hydrogens is 279 g/mol. The zero-order valence-corrected chi connectivity index (χ0v) is 10.7. The van der Waals surface area contributed by atoms with Crippen molar-refractivity contribution in [2.24, 2.45) is 0 Å². The average Bonchev–Trinajstić information content (AvgIpc) is 2.62. The number of hydrogen-bond acceptors (Lipinski definition) is 2. The predicted molar refractivity (Wildman–Crippen MR) is 67.2 cm³/mol. The number of fused-ring (bicyclic) bond motifs is 1. The molecule has 0 saturated heterocycles. The molecule has 15 heavy (non-hydrogen) atoms. The lowest BCUT2D eigenvalue weighted by molar-refractivity contribution is 0.318. The van der Waals surface area contributed by atoms with E-state index in [-0.39, 0.29) is 12.4 Å². The van der Waals surface area contributed by atoms with E-state index in [1.807, 2.05) is 18.2 Å². The van der Waals surface area contributed by atoms with Gasteiger partial charge in [0.2, 0.25) is 0 Å². The largest absolute Gasteiger partial charge is 0.397 e. The minimum Gasteiger partial charge on any atom is -0.397 e. The van der Waals surface area contributed by atoms with Crippen molar-refractivity contribution in [2.45, 2.75) is 12.3 Å². The summed E-state index contributed by atoms with van der Waals surface area (Å²) in [5.41, 5.74) is 1.15. The lowest BCUT2D eigenvalue weighted by Gasteiger charge is -1.95. The lowest BCUT2D eigenvalue weighted by atomic mass is 10.2. The predicted octanol–water partition coefficient (Wildman–Crippen LogP) is 3.93. The number of thiophene rings is 1. The van der Waals surface area contributed by atoms with Gasteiger partial charge in [-0.3, -0.25) is 0 Å². The van der Waals surface area contributed by atoms with Crippen LogP contribution in [0.25, 0.3) is 10.1 Å². The van der Waals surface area contributed by atoms with Crippen LogP contribution in [0.5, 0.6) is 0 Å². The summed E-state index contributed by atoms with van der Waals surface area (Å²) in [6.45, 7) is 1.93. The van der Waals surface area contributed by atoms with Crippen LogP contribution in [0.15, 0.2) is 23.6 Å². The summed E-state index contributed by atoms with van der Waals surface area (Å²) in [7, 11) is 0. The molecule has 2 aromatic rings. The quantitative estimate of drug-likeness (QED) is 0.789. The minimum absolute atomic E-state index is 0.113. The van der Waals surface area contributed by atoms with Crippen molar-refractivity contribution in [1.29, 1.82) is 0 Å². The van der Waals surface area contributed by atoms with E-state index in [1.54, 1.807) is 12.3 Å². The maximum atomic E-state index is 13.1. The van der Waals surface area contributed by atoms with E-state index >= 15 is 0 Å². The molecular formula is C11H12BrFOS. The molecule has 82 valence electrons. The Morgan fingerprint density at radius 1 is 1.47 bits per heavy atom. The van der Waals surface area contributed by atoms with Crippen molar-refractivity contribution < 1.29 is 9.50 Å². The zero-order chi connectivity index (χ0) is 11.3. The Labute approximate surface area is 101 Å². The number of aliphatic hydroxyl groups is 1. The Morgan fingerprint density at radius 2 is 2.13 bits per heavy atom. The highest BCUT2D eigenvalue weighted by Crippen LogP contribution is 2.28. The van der Waals surface area contributed by atoms with Crippen LogP contribution in [-0.4, -0.2) is 11.7 Å². The van der Waals surface area contributed by atoms with Gasteiger partial charge in [-0.15, -0.1) is 11.3 Å². The second-order valence-electron chi connectivity index (χ2n) is 2.83. The van der Waals surface area contributed by atoms with Crippen molar-refractivity contribution in [3.63, 3.8) is 0 Å². The van der Waals surface area contributed by atoms with Gasteiger partial charge in [-0.2, -0.15) is 0 Å². The molecule has 0 atom stereocenters. The molecule has 0 bridgehead atoms. The Morgan fingerprint density at radius 3 is 2.73 bits per heavy atom. The summed E-state index contributed by atoms with van der Waals surface area (Å²) in [5, 5.41) is 10.6. The number of rotatable bonds is 1. The van der Waals surface area contributed by atoms with Crippen LogP contribution in [-0.2, 0) is 5.33 Å². The van der Waals surface area contributed by atoms with E-state index in [9.17, 15) is 4.39 Å². The number of halogens is 2. The van der Waals surface area contributed by atoms with Crippen molar-refractivity contribution in [1.82, 2.24) is 0 Å². The van der Waals surface area contributed by atoms with Crippen LogP contribution in [0, 0.1) is 5.82 Å². The molecule has 1 nitrogen and oxygen atoms in total. The van der Waals surface area contributed by atoms with Gasteiger partial charge in [0.15, 0.2) is 0 Å². The summed E-state index contributed by atoms with van der Waals surface area (Å²) in [6, 6.07) is 5.70. The molecule has 2 rings (SSSR count). The molecule has 1 N–H and O–H groups in total. The van der Waals surface area contributed by atoms with Crippen LogP contribution in [0.3, 0.4) is 0 Å². The van der Waals surface area contributed by atoms with Gasteiger partial charge in [0, 0.05) is 27.4 Å². The van der Waals surface area contributed by atoms with Crippen molar-refractivity contribution >= 4 is 37.4 Å². The number of aliphatic hydroxyl groups excluding tert-OH is 1. The fourth-order valence-corrected chi connectivity index (χ4v) is 2.78. The van der Waals surface area contributed by atoms with Gasteiger partial charge < -0.3 is 5.11 Å². The lowest BCUT2D eigenvalue weighted by Crippen LogP contribution is -1.76. The second kappa shape index (κ2) is 6.20. The first-order valence-corrected chi connectivity index (χ1v) is 6.56. The number of hydrogen-bond donors (Lipinski definition) is 1. The zero-order valence-electron chi connectivity index (χ0n) is 8.34. The first kappa shape index (κ1) is 12.6. The molecule has 0 spiro atoms. The molecule has 1 heterocycles. The van der Waals surface area contributed by atoms with E-state index in [0.29, 0.717) is 0 Å². The maximum Gasteiger partial charge on any atom is 0.141 e. The molecule has 0 aliphatic carbocycles. The Hall–Kier alpha value is -0.450. The monoisotopic (exact) mass is 290 g/mol. The molecule has 1 aromatic carbocycles. The average molecular weight is 291 g/mol. The topological polar surface area (TPSA) is 20.2 Å². The molecule has 0 amide bonds. The van der Waals surface area contributed by atoms with Gasteiger partial charge >= 0.3 is 0 Å². The van der Waals surface area contributed by atoms with E-state index in [0.717, 1.165) is 21.0 Å². The molecule has 1 aromatic heterocycles. The summed E-state index contributed by atoms with van der Waals surface area (Å²) in [5.74, 6) is -0.113. The molecule has 0 saturated carbocycles. The first-order chi connectivity index (χ1) is 7.24. The first-order valence-electron chi connectivity index (χ1n) is 4.56.